The van der Waals surface area contributed by atoms with E-state index in [4.69, 9.17) is 4.74 Å². The molecule has 5 nitrogen and oxygen atoms in total. The van der Waals surface area contributed by atoms with Gasteiger partial charge in [-0.1, -0.05) is 6.07 Å². The molecule has 0 spiro atoms. The number of anilines is 1. The summed E-state index contributed by atoms with van der Waals surface area (Å²) in [5.74, 6) is -0.292. The average Bonchev–Trinajstić information content (AvgIpc) is 3.00. The number of benzene rings is 1. The Morgan fingerprint density at radius 3 is 3.11 bits per heavy atom. The van der Waals surface area contributed by atoms with Gasteiger partial charge in [-0.25, -0.2) is 4.79 Å². The molecule has 0 bridgehead atoms. The molecule has 0 aromatic heterocycles. The minimum absolute atomic E-state index is 0.00585. The molecule has 1 aromatic carbocycles. The van der Waals surface area contributed by atoms with E-state index in [9.17, 15) is 9.59 Å². The third-order valence-corrected chi connectivity index (χ3v) is 3.39. The largest absolute Gasteiger partial charge is 0.457 e. The van der Waals surface area contributed by atoms with Crippen LogP contribution in [0, 0.1) is 5.92 Å². The lowest BCUT2D eigenvalue weighted by Crippen LogP contribution is -2.24. The summed E-state index contributed by atoms with van der Waals surface area (Å²) < 4.78 is 4.92. The first-order valence-electron chi connectivity index (χ1n) is 6.05. The minimum atomic E-state index is -0.316. The normalized spacial score (nSPS) is 21.6. The monoisotopic (exact) mass is 246 g/mol. The molecule has 0 radical (unpaired) electrons. The highest BCUT2D eigenvalue weighted by Crippen LogP contribution is 2.23. The number of esters is 1. The fourth-order valence-electron chi connectivity index (χ4n) is 2.31. The molecule has 2 N–H and O–H groups in total. The summed E-state index contributed by atoms with van der Waals surface area (Å²) in [6, 6.07) is 5.31. The third-order valence-electron chi connectivity index (χ3n) is 3.39. The zero-order chi connectivity index (χ0) is 12.5. The van der Waals surface area contributed by atoms with Gasteiger partial charge in [0.05, 0.1) is 11.5 Å². The maximum Gasteiger partial charge on any atom is 0.338 e. The Morgan fingerprint density at radius 2 is 2.33 bits per heavy atom. The SMILES string of the molecule is O=C1OCc2ccc(NC(=O)[C@H]3CCNC3)cc21. The number of hydrogen-bond acceptors (Lipinski definition) is 4. The third kappa shape index (κ3) is 1.97. The van der Waals surface area contributed by atoms with Gasteiger partial charge in [0.2, 0.25) is 5.91 Å². The van der Waals surface area contributed by atoms with Gasteiger partial charge in [-0.05, 0) is 25.1 Å². The van der Waals surface area contributed by atoms with E-state index in [0.29, 0.717) is 17.9 Å². The van der Waals surface area contributed by atoms with E-state index in [1.165, 1.54) is 0 Å². The van der Waals surface area contributed by atoms with Crippen molar-refractivity contribution in [3.05, 3.63) is 29.3 Å². The molecular weight excluding hydrogens is 232 g/mol. The van der Waals surface area contributed by atoms with E-state index in [1.54, 1.807) is 12.1 Å². The van der Waals surface area contributed by atoms with Crippen LogP contribution in [0.15, 0.2) is 18.2 Å². The lowest BCUT2D eigenvalue weighted by Gasteiger charge is -2.10. The Labute approximate surface area is 105 Å². The molecule has 2 heterocycles. The molecule has 2 aliphatic heterocycles. The Hall–Kier alpha value is -1.88. The van der Waals surface area contributed by atoms with Crippen molar-refractivity contribution in [2.75, 3.05) is 18.4 Å². The van der Waals surface area contributed by atoms with Crippen molar-refractivity contribution in [1.29, 1.82) is 0 Å². The van der Waals surface area contributed by atoms with Gasteiger partial charge < -0.3 is 15.4 Å². The molecule has 2 aliphatic rings. The van der Waals surface area contributed by atoms with Crippen molar-refractivity contribution < 1.29 is 14.3 Å². The van der Waals surface area contributed by atoms with Crippen LogP contribution < -0.4 is 10.6 Å². The van der Waals surface area contributed by atoms with E-state index < -0.39 is 0 Å². The number of carbonyl (C=O) groups is 2. The first-order chi connectivity index (χ1) is 8.74. The van der Waals surface area contributed by atoms with Gasteiger partial charge >= 0.3 is 5.97 Å². The second-order valence-corrected chi connectivity index (χ2v) is 4.63. The van der Waals surface area contributed by atoms with Gasteiger partial charge in [-0.3, -0.25) is 4.79 Å². The lowest BCUT2D eigenvalue weighted by molar-refractivity contribution is -0.119. The molecule has 94 valence electrons. The molecule has 1 fully saturated rings. The summed E-state index contributed by atoms with van der Waals surface area (Å²) in [6.07, 6.45) is 0.860. The highest BCUT2D eigenvalue weighted by atomic mass is 16.5. The minimum Gasteiger partial charge on any atom is -0.457 e. The number of fused-ring (bicyclic) bond motifs is 1. The summed E-state index contributed by atoms with van der Waals surface area (Å²) in [7, 11) is 0. The quantitative estimate of drug-likeness (QED) is 0.761. The molecule has 1 saturated heterocycles. The number of amides is 1. The zero-order valence-corrected chi connectivity index (χ0v) is 9.86. The average molecular weight is 246 g/mol. The first-order valence-corrected chi connectivity index (χ1v) is 6.05. The van der Waals surface area contributed by atoms with E-state index in [0.717, 1.165) is 25.1 Å². The van der Waals surface area contributed by atoms with Crippen molar-refractivity contribution in [2.45, 2.75) is 13.0 Å². The Balaban J connectivity index is 1.75. The topological polar surface area (TPSA) is 67.4 Å². The second kappa shape index (κ2) is 4.42. The molecule has 5 heteroatoms. The standard InChI is InChI=1S/C13H14N2O3/c16-12(8-3-4-14-6-8)15-10-2-1-9-7-18-13(17)11(9)5-10/h1-2,5,8,14H,3-4,6-7H2,(H,15,16)/t8-/m0/s1. The van der Waals surface area contributed by atoms with Crippen LogP contribution in [0.25, 0.3) is 0 Å². The van der Waals surface area contributed by atoms with E-state index in [2.05, 4.69) is 10.6 Å². The second-order valence-electron chi connectivity index (χ2n) is 4.63. The van der Waals surface area contributed by atoms with Crippen molar-refractivity contribution in [3.63, 3.8) is 0 Å². The fourth-order valence-corrected chi connectivity index (χ4v) is 2.31. The van der Waals surface area contributed by atoms with Crippen molar-refractivity contribution >= 4 is 17.6 Å². The van der Waals surface area contributed by atoms with Crippen LogP contribution in [0.1, 0.15) is 22.3 Å². The van der Waals surface area contributed by atoms with Gasteiger partial charge in [-0.2, -0.15) is 0 Å². The molecule has 3 rings (SSSR count). The zero-order valence-electron chi connectivity index (χ0n) is 9.86. The van der Waals surface area contributed by atoms with Crippen molar-refractivity contribution in [3.8, 4) is 0 Å². The number of cyclic esters (lactones) is 1. The summed E-state index contributed by atoms with van der Waals surface area (Å²) >= 11 is 0. The van der Waals surface area contributed by atoms with Gasteiger partial charge in [-0.15, -0.1) is 0 Å². The maximum atomic E-state index is 11.9. The predicted molar refractivity (Wildman–Crippen MR) is 65.2 cm³/mol. The number of rotatable bonds is 2. The smallest absolute Gasteiger partial charge is 0.338 e. The maximum absolute atomic E-state index is 11.9. The Morgan fingerprint density at radius 1 is 1.44 bits per heavy atom. The van der Waals surface area contributed by atoms with Gasteiger partial charge in [0, 0.05) is 17.8 Å². The van der Waals surface area contributed by atoms with Crippen LogP contribution in [0.2, 0.25) is 0 Å². The van der Waals surface area contributed by atoms with Crippen LogP contribution in [0.5, 0.6) is 0 Å². The fraction of sp³-hybridized carbons (Fsp3) is 0.385. The van der Waals surface area contributed by atoms with E-state index in [1.807, 2.05) is 6.07 Å². The summed E-state index contributed by atoms with van der Waals surface area (Å²) in [4.78, 5) is 23.3. The van der Waals surface area contributed by atoms with Crippen molar-refractivity contribution in [1.82, 2.24) is 5.32 Å². The molecule has 18 heavy (non-hydrogen) atoms. The van der Waals surface area contributed by atoms with Crippen LogP contribution in [0.3, 0.4) is 0 Å². The number of ether oxygens (including phenoxy) is 1. The highest BCUT2D eigenvalue weighted by molar-refractivity contribution is 5.97. The van der Waals surface area contributed by atoms with Gasteiger partial charge in [0.15, 0.2) is 0 Å². The molecule has 0 saturated carbocycles. The number of nitrogens with one attached hydrogen (secondary N) is 2. The molecule has 1 atom stereocenters. The molecular formula is C13H14N2O3. The van der Waals surface area contributed by atoms with Crippen LogP contribution in [-0.2, 0) is 16.1 Å². The van der Waals surface area contributed by atoms with Crippen LogP contribution >= 0.6 is 0 Å². The van der Waals surface area contributed by atoms with Crippen LogP contribution in [-0.4, -0.2) is 25.0 Å². The number of carbonyl (C=O) groups excluding carboxylic acids is 2. The van der Waals surface area contributed by atoms with Gasteiger partial charge in [0.1, 0.15) is 6.61 Å². The van der Waals surface area contributed by atoms with Crippen molar-refractivity contribution in [2.24, 2.45) is 5.92 Å². The number of hydrogen-bond donors (Lipinski definition) is 2. The Bertz CT molecular complexity index is 507. The van der Waals surface area contributed by atoms with E-state index in [-0.39, 0.29) is 17.8 Å². The van der Waals surface area contributed by atoms with E-state index >= 15 is 0 Å². The lowest BCUT2D eigenvalue weighted by atomic mass is 10.1. The van der Waals surface area contributed by atoms with Crippen LogP contribution in [0.4, 0.5) is 5.69 Å². The molecule has 0 unspecified atom stereocenters. The predicted octanol–water partition coefficient (Wildman–Crippen LogP) is 0.905. The summed E-state index contributed by atoms with van der Waals surface area (Å²) in [6.45, 7) is 1.93. The molecule has 1 amide bonds. The summed E-state index contributed by atoms with van der Waals surface area (Å²) in [5, 5.41) is 6.00. The molecule has 0 aliphatic carbocycles. The Kier molecular flexibility index (Phi) is 2.76. The summed E-state index contributed by atoms with van der Waals surface area (Å²) in [5.41, 5.74) is 2.09. The van der Waals surface area contributed by atoms with Gasteiger partial charge in [0.25, 0.3) is 0 Å². The highest BCUT2D eigenvalue weighted by Gasteiger charge is 2.24. The molecule has 1 aromatic rings. The first kappa shape index (κ1) is 11.2.